The highest BCUT2D eigenvalue weighted by molar-refractivity contribution is 4.95. The third-order valence-corrected chi connectivity index (χ3v) is 2.43. The van der Waals surface area contributed by atoms with E-state index >= 15 is 0 Å². The molecule has 1 aliphatic carbocycles. The molecule has 0 unspecified atom stereocenters. The van der Waals surface area contributed by atoms with Crippen molar-refractivity contribution in [2.24, 2.45) is 5.92 Å². The maximum Gasteiger partial charge on any atom is 0.169 e. The number of hydrogen-bond acceptors (Lipinski definition) is 3. The van der Waals surface area contributed by atoms with Crippen LogP contribution in [0, 0.1) is 17.2 Å². The fourth-order valence-electron chi connectivity index (χ4n) is 1.84. The molecule has 3 nitrogen and oxygen atoms in total. The van der Waals surface area contributed by atoms with Gasteiger partial charge in [-0.25, -0.2) is 0 Å². The highest BCUT2D eigenvalue weighted by atomic mass is 16.7. The van der Waals surface area contributed by atoms with Crippen LogP contribution < -0.4 is 0 Å². The Balaban J connectivity index is 2.03. The lowest BCUT2D eigenvalue weighted by atomic mass is 10.1. The number of rotatable bonds is 0. The van der Waals surface area contributed by atoms with Gasteiger partial charge in [0.1, 0.15) is 0 Å². The Hall–Kier alpha value is -0.590. The van der Waals surface area contributed by atoms with E-state index in [2.05, 4.69) is 6.07 Å². The Morgan fingerprint density at radius 1 is 1.36 bits per heavy atom. The summed E-state index contributed by atoms with van der Waals surface area (Å²) < 4.78 is 10.9. The van der Waals surface area contributed by atoms with E-state index in [9.17, 15) is 0 Å². The molecule has 1 aliphatic heterocycles. The van der Waals surface area contributed by atoms with Gasteiger partial charge in [0, 0.05) is 12.8 Å². The zero-order valence-electron chi connectivity index (χ0n) is 6.38. The van der Waals surface area contributed by atoms with Crippen molar-refractivity contribution in [3.63, 3.8) is 0 Å². The Morgan fingerprint density at radius 3 is 2.64 bits per heavy atom. The lowest BCUT2D eigenvalue weighted by Gasteiger charge is -2.20. The van der Waals surface area contributed by atoms with Crippen molar-refractivity contribution in [2.75, 3.05) is 13.2 Å². The summed E-state index contributed by atoms with van der Waals surface area (Å²) in [5.41, 5.74) is 0. The maximum absolute atomic E-state index is 8.65. The molecule has 0 bridgehead atoms. The normalized spacial score (nSPS) is 34.3. The predicted octanol–water partition coefficient (Wildman–Crippen LogP) is 1.05. The zero-order chi connectivity index (χ0) is 7.73. The third kappa shape index (κ3) is 1.13. The Bertz CT molecular complexity index is 191. The van der Waals surface area contributed by atoms with Crippen molar-refractivity contribution >= 4 is 0 Å². The van der Waals surface area contributed by atoms with Crippen LogP contribution >= 0.6 is 0 Å². The van der Waals surface area contributed by atoms with Gasteiger partial charge in [0.05, 0.1) is 25.2 Å². The van der Waals surface area contributed by atoms with Crippen LogP contribution in [0.25, 0.3) is 0 Å². The first kappa shape index (κ1) is 7.08. The molecule has 2 aliphatic rings. The van der Waals surface area contributed by atoms with Gasteiger partial charge >= 0.3 is 0 Å². The number of ether oxygens (including phenoxy) is 2. The average Bonchev–Trinajstić information content (AvgIpc) is 2.62. The SMILES string of the molecule is N#C[C@@H]1CCC2(C1)OCCO2. The third-order valence-electron chi connectivity index (χ3n) is 2.43. The van der Waals surface area contributed by atoms with Gasteiger partial charge in [-0.3, -0.25) is 0 Å². The smallest absolute Gasteiger partial charge is 0.169 e. The van der Waals surface area contributed by atoms with E-state index in [1.807, 2.05) is 0 Å². The highest BCUT2D eigenvalue weighted by Gasteiger charge is 2.43. The predicted molar refractivity (Wildman–Crippen MR) is 37.6 cm³/mol. The summed E-state index contributed by atoms with van der Waals surface area (Å²) >= 11 is 0. The Morgan fingerprint density at radius 2 is 2.09 bits per heavy atom. The van der Waals surface area contributed by atoms with E-state index in [1.165, 1.54) is 0 Å². The molecular formula is C8H11NO2. The molecule has 2 fully saturated rings. The quantitative estimate of drug-likeness (QED) is 0.522. The molecule has 11 heavy (non-hydrogen) atoms. The summed E-state index contributed by atoms with van der Waals surface area (Å²) in [4.78, 5) is 0. The maximum atomic E-state index is 8.65. The van der Waals surface area contributed by atoms with Crippen LogP contribution in [-0.2, 0) is 9.47 Å². The van der Waals surface area contributed by atoms with Gasteiger partial charge in [-0.1, -0.05) is 0 Å². The molecule has 3 heteroatoms. The standard InChI is InChI=1S/C8H11NO2/c9-6-7-1-2-8(5-7)10-3-4-11-8/h7H,1-5H2/t7-/m1/s1. The van der Waals surface area contributed by atoms with Crippen LogP contribution in [0.4, 0.5) is 0 Å². The van der Waals surface area contributed by atoms with Gasteiger partial charge in [0.2, 0.25) is 0 Å². The molecular weight excluding hydrogens is 142 g/mol. The van der Waals surface area contributed by atoms with E-state index in [1.54, 1.807) is 0 Å². The van der Waals surface area contributed by atoms with Crippen molar-refractivity contribution in [3.8, 4) is 6.07 Å². The molecule has 1 spiro atoms. The second kappa shape index (κ2) is 2.47. The molecule has 1 saturated carbocycles. The van der Waals surface area contributed by atoms with E-state index in [4.69, 9.17) is 14.7 Å². The van der Waals surface area contributed by atoms with Crippen molar-refractivity contribution < 1.29 is 9.47 Å². The number of nitriles is 1. The molecule has 1 saturated heterocycles. The monoisotopic (exact) mass is 153 g/mol. The molecule has 0 aromatic rings. The summed E-state index contributed by atoms with van der Waals surface area (Å²) in [6.07, 6.45) is 2.59. The fourth-order valence-corrected chi connectivity index (χ4v) is 1.84. The second-order valence-corrected chi connectivity index (χ2v) is 3.18. The van der Waals surface area contributed by atoms with Crippen molar-refractivity contribution in [1.29, 1.82) is 5.26 Å². The van der Waals surface area contributed by atoms with Crippen LogP contribution in [0.1, 0.15) is 19.3 Å². The van der Waals surface area contributed by atoms with Gasteiger partial charge in [-0.2, -0.15) is 5.26 Å². The lowest BCUT2D eigenvalue weighted by molar-refractivity contribution is -0.151. The zero-order valence-corrected chi connectivity index (χ0v) is 6.38. The molecule has 0 radical (unpaired) electrons. The topological polar surface area (TPSA) is 42.2 Å². The lowest BCUT2D eigenvalue weighted by Crippen LogP contribution is -2.25. The van der Waals surface area contributed by atoms with E-state index < -0.39 is 0 Å². The van der Waals surface area contributed by atoms with E-state index in [0.717, 1.165) is 19.3 Å². The van der Waals surface area contributed by atoms with Gasteiger partial charge in [0.25, 0.3) is 0 Å². The highest BCUT2D eigenvalue weighted by Crippen LogP contribution is 2.40. The molecule has 1 atom stereocenters. The average molecular weight is 153 g/mol. The molecule has 0 N–H and O–H groups in total. The van der Waals surface area contributed by atoms with Crippen LogP contribution in [0.2, 0.25) is 0 Å². The van der Waals surface area contributed by atoms with Crippen molar-refractivity contribution in [3.05, 3.63) is 0 Å². The van der Waals surface area contributed by atoms with Gasteiger partial charge in [0.15, 0.2) is 5.79 Å². The molecule has 2 rings (SSSR count). The van der Waals surface area contributed by atoms with Crippen molar-refractivity contribution in [2.45, 2.75) is 25.0 Å². The minimum atomic E-state index is -0.361. The van der Waals surface area contributed by atoms with Crippen LogP contribution in [0.5, 0.6) is 0 Å². The summed E-state index contributed by atoms with van der Waals surface area (Å²) in [6, 6.07) is 2.26. The first-order chi connectivity index (χ1) is 5.35. The minimum absolute atomic E-state index is 0.146. The van der Waals surface area contributed by atoms with Crippen LogP contribution in [-0.4, -0.2) is 19.0 Å². The molecule has 0 aromatic heterocycles. The molecule has 1 heterocycles. The molecule has 60 valence electrons. The molecule has 0 amide bonds. The van der Waals surface area contributed by atoms with Gasteiger partial charge < -0.3 is 9.47 Å². The molecule has 0 aromatic carbocycles. The largest absolute Gasteiger partial charge is 0.347 e. The summed E-state index contributed by atoms with van der Waals surface area (Å²) in [5, 5.41) is 8.65. The fraction of sp³-hybridized carbons (Fsp3) is 0.875. The van der Waals surface area contributed by atoms with Gasteiger partial charge in [-0.15, -0.1) is 0 Å². The second-order valence-electron chi connectivity index (χ2n) is 3.18. The van der Waals surface area contributed by atoms with Crippen molar-refractivity contribution in [1.82, 2.24) is 0 Å². The Kier molecular flexibility index (Phi) is 1.59. The summed E-state index contributed by atoms with van der Waals surface area (Å²) in [5.74, 6) is -0.214. The number of hydrogen-bond donors (Lipinski definition) is 0. The van der Waals surface area contributed by atoms with E-state index in [0.29, 0.717) is 13.2 Å². The summed E-state index contributed by atoms with van der Waals surface area (Å²) in [7, 11) is 0. The first-order valence-corrected chi connectivity index (χ1v) is 4.02. The summed E-state index contributed by atoms with van der Waals surface area (Å²) in [6.45, 7) is 1.39. The van der Waals surface area contributed by atoms with E-state index in [-0.39, 0.29) is 11.7 Å². The first-order valence-electron chi connectivity index (χ1n) is 4.02. The Labute approximate surface area is 65.9 Å². The minimum Gasteiger partial charge on any atom is -0.347 e. The number of nitrogens with zero attached hydrogens (tertiary/aromatic N) is 1. The van der Waals surface area contributed by atoms with Gasteiger partial charge in [-0.05, 0) is 6.42 Å². The van der Waals surface area contributed by atoms with Crippen LogP contribution in [0.15, 0.2) is 0 Å². The van der Waals surface area contributed by atoms with Crippen LogP contribution in [0.3, 0.4) is 0 Å².